The molecule has 0 heterocycles. The highest BCUT2D eigenvalue weighted by atomic mass is 127. The number of amides is 2. The summed E-state index contributed by atoms with van der Waals surface area (Å²) in [6.07, 6.45) is -1.28. The molecule has 5 N–H and O–H groups in total. The minimum absolute atomic E-state index is 0.0698. The lowest BCUT2D eigenvalue weighted by molar-refractivity contribution is -0.116. The Morgan fingerprint density at radius 2 is 1.62 bits per heavy atom. The number of anilines is 1. The van der Waals surface area contributed by atoms with Crippen molar-refractivity contribution < 1.29 is 29.7 Å². The molecule has 8 nitrogen and oxygen atoms in total. The number of nitrogens with one attached hydrogen (secondary N) is 2. The summed E-state index contributed by atoms with van der Waals surface area (Å²) in [4.78, 5) is 36.2. The van der Waals surface area contributed by atoms with Crippen LogP contribution in [0, 0.1) is 10.7 Å². The van der Waals surface area contributed by atoms with Gasteiger partial charge in [-0.15, -0.1) is 0 Å². The fraction of sp³-hybridized carbons (Fsp3) is 0.357. The molecule has 0 aliphatic rings. The van der Waals surface area contributed by atoms with Crippen LogP contribution in [0.4, 0.5) is 5.69 Å². The van der Waals surface area contributed by atoms with Crippen LogP contribution in [-0.4, -0.2) is 58.2 Å². The smallest absolute Gasteiger partial charge is 0.254 e. The molecule has 1 aromatic carbocycles. The molecule has 1 unspecified atom stereocenters. The van der Waals surface area contributed by atoms with E-state index in [4.69, 9.17) is 21.8 Å². The quantitative estimate of drug-likeness (QED) is 0.203. The van der Waals surface area contributed by atoms with Gasteiger partial charge in [-0.1, -0.05) is 0 Å². The van der Waals surface area contributed by atoms with Gasteiger partial charge in [-0.3, -0.25) is 14.4 Å². The SMILES string of the molecule is O=C(CCO)Nc1c(I)c(C(=O)Cl)c(I)c(C(=O)NCC(O)CO)c1I. The number of hydrogen-bond donors (Lipinski definition) is 5. The van der Waals surface area contributed by atoms with Crippen LogP contribution in [-0.2, 0) is 4.79 Å². The van der Waals surface area contributed by atoms with Crippen LogP contribution in [0.2, 0.25) is 0 Å². The second-order valence-corrected chi connectivity index (χ2v) is 8.49. The molecular formula is C14H14ClI3N2O6. The summed E-state index contributed by atoms with van der Waals surface area (Å²) in [6, 6.07) is 0. The van der Waals surface area contributed by atoms with E-state index in [1.165, 1.54) is 0 Å². The zero-order valence-electron chi connectivity index (χ0n) is 13.0. The number of hydrogen-bond acceptors (Lipinski definition) is 6. The lowest BCUT2D eigenvalue weighted by atomic mass is 10.1. The molecule has 0 bridgehead atoms. The first-order valence-corrected chi connectivity index (χ1v) is 10.6. The predicted molar refractivity (Wildman–Crippen MR) is 121 cm³/mol. The Labute approximate surface area is 194 Å². The first-order valence-electron chi connectivity index (χ1n) is 7.03. The number of aliphatic hydroxyl groups is 3. The Kier molecular flexibility index (Phi) is 10.5. The summed E-state index contributed by atoms with van der Waals surface area (Å²) in [7, 11) is 0. The van der Waals surface area contributed by atoms with Gasteiger partial charge in [-0.25, -0.2) is 0 Å². The van der Waals surface area contributed by atoms with E-state index < -0.39 is 29.8 Å². The molecule has 0 spiro atoms. The van der Waals surface area contributed by atoms with Gasteiger partial charge in [-0.05, 0) is 79.4 Å². The van der Waals surface area contributed by atoms with Crippen molar-refractivity contribution in [2.75, 3.05) is 25.1 Å². The summed E-state index contributed by atoms with van der Waals surface area (Å²) < 4.78 is 1.04. The Bertz CT molecular complexity index is 731. The van der Waals surface area contributed by atoms with E-state index in [9.17, 15) is 19.5 Å². The molecule has 144 valence electrons. The van der Waals surface area contributed by atoms with Crippen LogP contribution in [0.25, 0.3) is 0 Å². The first kappa shape index (κ1) is 24.2. The Morgan fingerprint density at radius 3 is 2.12 bits per heavy atom. The normalized spacial score (nSPS) is 11.8. The van der Waals surface area contributed by atoms with E-state index in [1.54, 1.807) is 0 Å². The molecule has 0 saturated carbocycles. The summed E-state index contributed by atoms with van der Waals surface area (Å²) in [5.74, 6) is -1.08. The third kappa shape index (κ3) is 6.10. The highest BCUT2D eigenvalue weighted by Crippen LogP contribution is 2.36. The average molecular weight is 722 g/mol. The molecule has 0 aliphatic carbocycles. The van der Waals surface area contributed by atoms with Crippen molar-refractivity contribution in [2.45, 2.75) is 12.5 Å². The minimum Gasteiger partial charge on any atom is -0.396 e. The van der Waals surface area contributed by atoms with Gasteiger partial charge in [-0.2, -0.15) is 0 Å². The van der Waals surface area contributed by atoms with Crippen LogP contribution in [0.5, 0.6) is 0 Å². The molecule has 0 aromatic heterocycles. The van der Waals surface area contributed by atoms with E-state index in [-0.39, 0.29) is 36.4 Å². The van der Waals surface area contributed by atoms with Crippen molar-refractivity contribution in [1.82, 2.24) is 5.32 Å². The highest BCUT2D eigenvalue weighted by Gasteiger charge is 2.28. The number of rotatable bonds is 8. The van der Waals surface area contributed by atoms with Crippen molar-refractivity contribution in [2.24, 2.45) is 0 Å². The van der Waals surface area contributed by atoms with Crippen molar-refractivity contribution >= 4 is 102 Å². The monoisotopic (exact) mass is 722 g/mol. The van der Waals surface area contributed by atoms with E-state index >= 15 is 0 Å². The van der Waals surface area contributed by atoms with Crippen molar-refractivity contribution in [1.29, 1.82) is 0 Å². The molecule has 1 aromatic rings. The maximum atomic E-state index is 12.5. The van der Waals surface area contributed by atoms with Gasteiger partial charge in [0, 0.05) is 10.1 Å². The molecule has 1 rings (SSSR count). The average Bonchev–Trinajstić information content (AvgIpc) is 2.56. The van der Waals surface area contributed by atoms with Crippen LogP contribution in [0.1, 0.15) is 27.1 Å². The summed E-state index contributed by atoms with van der Waals surface area (Å²) in [5.41, 5.74) is 0.419. The maximum absolute atomic E-state index is 12.5. The van der Waals surface area contributed by atoms with Gasteiger partial charge >= 0.3 is 0 Å². The van der Waals surface area contributed by atoms with Gasteiger partial charge in [0.15, 0.2) is 0 Å². The first-order chi connectivity index (χ1) is 12.1. The second-order valence-electron chi connectivity index (χ2n) is 4.91. The lowest BCUT2D eigenvalue weighted by Gasteiger charge is -2.18. The van der Waals surface area contributed by atoms with Gasteiger partial charge < -0.3 is 26.0 Å². The molecule has 0 saturated heterocycles. The van der Waals surface area contributed by atoms with Gasteiger partial charge in [0.25, 0.3) is 11.1 Å². The lowest BCUT2D eigenvalue weighted by Crippen LogP contribution is -2.35. The van der Waals surface area contributed by atoms with Crippen LogP contribution >= 0.6 is 79.4 Å². The van der Waals surface area contributed by atoms with Crippen molar-refractivity contribution in [3.63, 3.8) is 0 Å². The van der Waals surface area contributed by atoms with Crippen molar-refractivity contribution in [3.8, 4) is 0 Å². The molecule has 0 fully saturated rings. The fourth-order valence-corrected chi connectivity index (χ4v) is 6.74. The largest absolute Gasteiger partial charge is 0.396 e. The molecule has 0 radical (unpaired) electrons. The minimum atomic E-state index is -1.13. The summed E-state index contributed by atoms with van der Waals surface area (Å²) >= 11 is 11.2. The van der Waals surface area contributed by atoms with Gasteiger partial charge in [0.1, 0.15) is 0 Å². The standard InChI is InChI=1S/C14H14ClI3N2O6/c15-13(25)7-9(16)8(14(26)19-3-5(23)4-22)11(18)12(10(7)17)20-6(24)1-2-21/h5,21-23H,1-4H2,(H,19,26)(H,20,24). The van der Waals surface area contributed by atoms with E-state index in [0.717, 1.165) is 0 Å². The number of halogens is 4. The van der Waals surface area contributed by atoms with E-state index in [2.05, 4.69) is 10.6 Å². The number of benzene rings is 1. The maximum Gasteiger partial charge on any atom is 0.254 e. The third-order valence-electron chi connectivity index (χ3n) is 3.05. The predicted octanol–water partition coefficient (Wildman–Crippen LogP) is 1.28. The van der Waals surface area contributed by atoms with Crippen LogP contribution in [0.3, 0.4) is 0 Å². The Balaban J connectivity index is 3.44. The topological polar surface area (TPSA) is 136 Å². The van der Waals surface area contributed by atoms with E-state index in [0.29, 0.717) is 10.7 Å². The highest BCUT2D eigenvalue weighted by molar-refractivity contribution is 14.1. The van der Waals surface area contributed by atoms with Crippen molar-refractivity contribution in [3.05, 3.63) is 21.8 Å². The molecule has 26 heavy (non-hydrogen) atoms. The fourth-order valence-electron chi connectivity index (χ4n) is 1.81. The zero-order chi connectivity index (χ0) is 20.0. The summed E-state index contributed by atoms with van der Waals surface area (Å²) in [6.45, 7) is -1.06. The van der Waals surface area contributed by atoms with Gasteiger partial charge in [0.05, 0.1) is 49.7 Å². The third-order valence-corrected chi connectivity index (χ3v) is 6.48. The zero-order valence-corrected chi connectivity index (χ0v) is 20.2. The Hall–Kier alpha value is 0.190. The molecule has 2 amide bonds. The van der Waals surface area contributed by atoms with E-state index in [1.807, 2.05) is 67.8 Å². The summed E-state index contributed by atoms with van der Waals surface area (Å²) in [5, 5.41) is 31.3. The molecule has 12 heteroatoms. The molecule has 0 aliphatic heterocycles. The molecule has 1 atom stereocenters. The number of carbonyl (C=O) groups is 3. The van der Waals surface area contributed by atoms with Crippen LogP contribution < -0.4 is 10.6 Å². The second kappa shape index (κ2) is 11.3. The van der Waals surface area contributed by atoms with Crippen LogP contribution in [0.15, 0.2) is 0 Å². The number of carbonyl (C=O) groups excluding carboxylic acids is 3. The Morgan fingerprint density at radius 1 is 1.04 bits per heavy atom. The van der Waals surface area contributed by atoms with Gasteiger partial charge in [0.2, 0.25) is 5.91 Å². The number of aliphatic hydroxyl groups excluding tert-OH is 3. The molecular weight excluding hydrogens is 708 g/mol.